The van der Waals surface area contributed by atoms with E-state index in [1.165, 1.54) is 22.5 Å². The van der Waals surface area contributed by atoms with Crippen molar-refractivity contribution < 1.29 is 22.7 Å². The number of carbonyl (C=O) groups is 1. The Morgan fingerprint density at radius 1 is 1.24 bits per heavy atom. The molecule has 1 fully saturated rings. The third kappa shape index (κ3) is 6.38. The highest BCUT2D eigenvalue weighted by atomic mass is 35.5. The van der Waals surface area contributed by atoms with Crippen molar-refractivity contribution in [3.63, 3.8) is 0 Å². The zero-order valence-electron chi connectivity index (χ0n) is 18.9. The molecule has 1 N–H and O–H groups in total. The van der Waals surface area contributed by atoms with Gasteiger partial charge in [0.25, 0.3) is 0 Å². The van der Waals surface area contributed by atoms with E-state index in [0.29, 0.717) is 17.2 Å². The number of rotatable bonds is 5. The summed E-state index contributed by atoms with van der Waals surface area (Å²) in [5.74, 6) is 0.464. The van der Waals surface area contributed by atoms with Crippen LogP contribution in [-0.2, 0) is 14.8 Å². The highest BCUT2D eigenvalue weighted by Gasteiger charge is 2.36. The molecule has 10 heteroatoms. The van der Waals surface area contributed by atoms with E-state index in [4.69, 9.17) is 21.1 Å². The lowest BCUT2D eigenvalue weighted by atomic mass is 10.2. The van der Waals surface area contributed by atoms with E-state index in [2.05, 4.69) is 5.32 Å². The van der Waals surface area contributed by atoms with Crippen molar-refractivity contribution in [1.82, 2.24) is 9.62 Å². The van der Waals surface area contributed by atoms with Crippen LogP contribution in [0.5, 0.6) is 11.5 Å². The maximum absolute atomic E-state index is 13.5. The van der Waals surface area contributed by atoms with Crippen LogP contribution in [0.2, 0.25) is 5.02 Å². The van der Waals surface area contributed by atoms with Gasteiger partial charge in [-0.25, -0.2) is 13.2 Å². The van der Waals surface area contributed by atoms with Crippen LogP contribution in [0.4, 0.5) is 4.79 Å². The number of hydrogen-bond acceptors (Lipinski definition) is 6. The van der Waals surface area contributed by atoms with E-state index in [9.17, 15) is 18.5 Å². The fourth-order valence-electron chi connectivity index (χ4n) is 3.43. The lowest BCUT2D eigenvalue weighted by Gasteiger charge is -2.22. The number of aryl methyl sites for hydroxylation is 1. The SMILES string of the molecule is Cc1cc(Cl)cc(Oc2ccc(C#N)cc2S(=O)(=O)N2CC[C@H](NC(=O)OC(C)(C)C)C2)c1. The van der Waals surface area contributed by atoms with Gasteiger partial charge in [0.05, 0.1) is 11.6 Å². The average molecular weight is 492 g/mol. The number of nitrogens with one attached hydrogen (secondary N) is 1. The number of hydrogen-bond donors (Lipinski definition) is 1. The van der Waals surface area contributed by atoms with Gasteiger partial charge >= 0.3 is 6.09 Å². The van der Waals surface area contributed by atoms with Crippen molar-refractivity contribution in [3.05, 3.63) is 52.5 Å². The Hall–Kier alpha value is -2.80. The Kier molecular flexibility index (Phi) is 7.22. The molecule has 1 amide bonds. The summed E-state index contributed by atoms with van der Waals surface area (Å²) in [5.41, 5.74) is 0.383. The number of ether oxygens (including phenoxy) is 2. The van der Waals surface area contributed by atoms with Gasteiger partial charge in [-0.3, -0.25) is 0 Å². The summed E-state index contributed by atoms with van der Waals surface area (Å²) < 4.78 is 39.3. The minimum atomic E-state index is -4.01. The topological polar surface area (TPSA) is 109 Å². The zero-order valence-corrected chi connectivity index (χ0v) is 20.5. The molecule has 33 heavy (non-hydrogen) atoms. The van der Waals surface area contributed by atoms with Gasteiger partial charge in [-0.2, -0.15) is 9.57 Å². The van der Waals surface area contributed by atoms with Gasteiger partial charge in [0.2, 0.25) is 10.0 Å². The van der Waals surface area contributed by atoms with Crippen LogP contribution in [0.3, 0.4) is 0 Å². The predicted molar refractivity (Wildman–Crippen MR) is 124 cm³/mol. The molecular weight excluding hydrogens is 466 g/mol. The summed E-state index contributed by atoms with van der Waals surface area (Å²) in [7, 11) is -4.01. The lowest BCUT2D eigenvalue weighted by Crippen LogP contribution is -2.41. The molecule has 1 atom stereocenters. The minimum absolute atomic E-state index is 0.0775. The molecule has 0 saturated carbocycles. The Morgan fingerprint density at radius 2 is 1.97 bits per heavy atom. The standard InChI is InChI=1S/C23H26ClN3O5S/c1-15-9-17(24)12-19(10-15)31-20-6-5-16(13-25)11-21(20)33(29,30)27-8-7-18(14-27)26-22(28)32-23(2,3)4/h5-6,9-12,18H,7-8,14H2,1-4H3,(H,26,28)/t18-/m0/s1. The van der Waals surface area contributed by atoms with Crippen molar-refractivity contribution in [2.24, 2.45) is 0 Å². The van der Waals surface area contributed by atoms with Gasteiger partial charge in [0, 0.05) is 24.2 Å². The van der Waals surface area contributed by atoms with Crippen LogP contribution < -0.4 is 10.1 Å². The zero-order chi connectivity index (χ0) is 24.4. The molecular formula is C23H26ClN3O5S. The highest BCUT2D eigenvalue weighted by Crippen LogP contribution is 2.34. The maximum atomic E-state index is 13.5. The van der Waals surface area contributed by atoms with E-state index < -0.39 is 27.8 Å². The van der Waals surface area contributed by atoms with Gasteiger partial charge < -0.3 is 14.8 Å². The van der Waals surface area contributed by atoms with Gasteiger partial charge in [0.15, 0.2) is 0 Å². The third-order valence-electron chi connectivity index (χ3n) is 4.81. The van der Waals surface area contributed by atoms with Crippen molar-refractivity contribution in [2.75, 3.05) is 13.1 Å². The molecule has 0 radical (unpaired) electrons. The molecule has 2 aromatic rings. The minimum Gasteiger partial charge on any atom is -0.456 e. The summed E-state index contributed by atoms with van der Waals surface area (Å²) in [5, 5.41) is 12.5. The largest absolute Gasteiger partial charge is 0.456 e. The van der Waals surface area contributed by atoms with E-state index in [-0.39, 0.29) is 29.3 Å². The molecule has 2 aromatic carbocycles. The Bertz CT molecular complexity index is 1180. The molecule has 1 saturated heterocycles. The number of amides is 1. The number of halogens is 1. The second-order valence-electron chi connectivity index (χ2n) is 8.83. The molecule has 1 heterocycles. The molecule has 0 aromatic heterocycles. The summed E-state index contributed by atoms with van der Waals surface area (Å²) in [6.07, 6.45) is -0.168. The lowest BCUT2D eigenvalue weighted by molar-refractivity contribution is 0.0507. The first-order valence-corrected chi connectivity index (χ1v) is 12.2. The predicted octanol–water partition coefficient (Wildman–Crippen LogP) is 4.60. The van der Waals surface area contributed by atoms with E-state index in [1.807, 2.05) is 13.0 Å². The smallest absolute Gasteiger partial charge is 0.407 e. The first-order valence-electron chi connectivity index (χ1n) is 10.4. The number of nitrogens with zero attached hydrogens (tertiary/aromatic N) is 2. The number of sulfonamides is 1. The first-order chi connectivity index (χ1) is 15.4. The van der Waals surface area contributed by atoms with E-state index >= 15 is 0 Å². The van der Waals surface area contributed by atoms with Gasteiger partial charge in [-0.05, 0) is 76.1 Å². The van der Waals surface area contributed by atoms with Crippen molar-refractivity contribution >= 4 is 27.7 Å². The van der Waals surface area contributed by atoms with Gasteiger partial charge in [-0.1, -0.05) is 11.6 Å². The van der Waals surface area contributed by atoms with Crippen molar-refractivity contribution in [1.29, 1.82) is 5.26 Å². The fraction of sp³-hybridized carbons (Fsp3) is 0.391. The summed E-state index contributed by atoms with van der Waals surface area (Å²) in [4.78, 5) is 11.9. The maximum Gasteiger partial charge on any atom is 0.407 e. The third-order valence-corrected chi connectivity index (χ3v) is 6.91. The number of carbonyl (C=O) groups excluding carboxylic acids is 1. The number of nitriles is 1. The highest BCUT2D eigenvalue weighted by molar-refractivity contribution is 7.89. The van der Waals surface area contributed by atoms with Crippen LogP contribution in [0.1, 0.15) is 38.3 Å². The quantitative estimate of drug-likeness (QED) is 0.654. The van der Waals surface area contributed by atoms with Crippen LogP contribution in [0.25, 0.3) is 0 Å². The van der Waals surface area contributed by atoms with Crippen LogP contribution >= 0.6 is 11.6 Å². The Labute approximate surface area is 199 Å². The molecule has 0 bridgehead atoms. The van der Waals surface area contributed by atoms with Crippen LogP contribution in [0.15, 0.2) is 41.3 Å². The van der Waals surface area contributed by atoms with E-state index in [0.717, 1.165) is 5.56 Å². The first kappa shape index (κ1) is 24.8. The van der Waals surface area contributed by atoms with Crippen LogP contribution in [-0.4, -0.2) is 43.5 Å². The molecule has 0 aliphatic carbocycles. The normalized spacial score (nSPS) is 16.8. The van der Waals surface area contributed by atoms with Crippen molar-refractivity contribution in [2.45, 2.75) is 50.7 Å². The summed E-state index contributed by atoms with van der Waals surface area (Å²) in [6.45, 7) is 7.38. The van der Waals surface area contributed by atoms with Crippen LogP contribution in [0, 0.1) is 18.3 Å². The van der Waals surface area contributed by atoms with Gasteiger partial charge in [-0.15, -0.1) is 0 Å². The number of benzene rings is 2. The monoisotopic (exact) mass is 491 g/mol. The summed E-state index contributed by atoms with van der Waals surface area (Å²) in [6, 6.07) is 10.9. The summed E-state index contributed by atoms with van der Waals surface area (Å²) >= 11 is 6.10. The molecule has 1 aliphatic heterocycles. The molecule has 8 nitrogen and oxygen atoms in total. The molecule has 0 unspecified atom stereocenters. The second-order valence-corrected chi connectivity index (χ2v) is 11.2. The second kappa shape index (κ2) is 9.59. The molecule has 1 aliphatic rings. The Morgan fingerprint density at radius 3 is 2.61 bits per heavy atom. The fourth-order valence-corrected chi connectivity index (χ4v) is 5.35. The van der Waals surface area contributed by atoms with E-state index in [1.54, 1.807) is 39.0 Å². The molecule has 0 spiro atoms. The molecule has 3 rings (SSSR count). The van der Waals surface area contributed by atoms with Crippen molar-refractivity contribution in [3.8, 4) is 17.6 Å². The Balaban J connectivity index is 1.85. The average Bonchev–Trinajstić information content (AvgIpc) is 3.15. The number of alkyl carbamates (subject to hydrolysis) is 1. The molecule has 176 valence electrons. The van der Waals surface area contributed by atoms with Gasteiger partial charge in [0.1, 0.15) is 22.0 Å².